The number of nitrogens with zero attached hydrogens (tertiary/aromatic N) is 2. The average molecular weight is 426 g/mol. The Kier molecular flexibility index (Phi) is 5.87. The number of benzene rings is 1. The quantitative estimate of drug-likeness (QED) is 0.357. The number of hydrogen-bond acceptors (Lipinski definition) is 5. The maximum atomic E-state index is 13.2. The molecule has 0 fully saturated rings. The van der Waals surface area contributed by atoms with Gasteiger partial charge in [-0.05, 0) is 49.8 Å². The first-order chi connectivity index (χ1) is 14.1. The molecule has 2 heterocycles. The van der Waals surface area contributed by atoms with E-state index >= 15 is 0 Å². The van der Waals surface area contributed by atoms with Crippen molar-refractivity contribution in [3.05, 3.63) is 63.3 Å². The molecule has 150 valence electrons. The zero-order valence-electron chi connectivity index (χ0n) is 16.4. The predicted octanol–water partition coefficient (Wildman–Crippen LogP) is 4.56. The van der Waals surface area contributed by atoms with Crippen LogP contribution in [0.1, 0.15) is 28.8 Å². The van der Waals surface area contributed by atoms with Crippen molar-refractivity contribution in [1.29, 1.82) is 0 Å². The lowest BCUT2D eigenvalue weighted by molar-refractivity contribution is -0.113. The summed E-state index contributed by atoms with van der Waals surface area (Å²) in [6, 6.07) is 7.67. The van der Waals surface area contributed by atoms with Crippen LogP contribution in [0.4, 0.5) is 5.69 Å². The number of carbonyl (C=O) groups excluding carboxylic acids is 1. The van der Waals surface area contributed by atoms with E-state index in [0.29, 0.717) is 11.7 Å². The van der Waals surface area contributed by atoms with Crippen molar-refractivity contribution in [2.45, 2.75) is 44.3 Å². The van der Waals surface area contributed by atoms with Crippen molar-refractivity contribution in [2.24, 2.45) is 0 Å². The number of fused-ring (bicyclic) bond motifs is 3. The van der Waals surface area contributed by atoms with Crippen LogP contribution >= 0.6 is 23.1 Å². The Morgan fingerprint density at radius 2 is 2.14 bits per heavy atom. The van der Waals surface area contributed by atoms with Gasteiger partial charge in [0.15, 0.2) is 5.16 Å². The summed E-state index contributed by atoms with van der Waals surface area (Å²) in [6.07, 6.45) is 5.96. The van der Waals surface area contributed by atoms with Gasteiger partial charge in [-0.2, -0.15) is 0 Å². The van der Waals surface area contributed by atoms with Gasteiger partial charge in [0.05, 0.1) is 11.1 Å². The molecule has 0 spiro atoms. The van der Waals surface area contributed by atoms with E-state index in [0.717, 1.165) is 40.7 Å². The van der Waals surface area contributed by atoms with Gasteiger partial charge in [-0.25, -0.2) is 4.98 Å². The molecule has 1 aliphatic rings. The lowest BCUT2D eigenvalue weighted by atomic mass is 9.97. The van der Waals surface area contributed by atoms with Crippen LogP contribution in [0.25, 0.3) is 10.2 Å². The highest BCUT2D eigenvalue weighted by atomic mass is 32.2. The number of thioether (sulfide) groups is 1. The third kappa shape index (κ3) is 4.02. The molecule has 0 saturated heterocycles. The molecule has 0 radical (unpaired) electrons. The number of aryl methyl sites for hydroxylation is 3. The van der Waals surface area contributed by atoms with E-state index in [-0.39, 0.29) is 17.2 Å². The van der Waals surface area contributed by atoms with Crippen molar-refractivity contribution >= 4 is 44.9 Å². The Morgan fingerprint density at radius 1 is 1.34 bits per heavy atom. The molecule has 1 aliphatic carbocycles. The maximum Gasteiger partial charge on any atom is 0.263 e. The fourth-order valence-corrected chi connectivity index (χ4v) is 5.76. The summed E-state index contributed by atoms with van der Waals surface area (Å²) in [6.45, 7) is 6.12. The number of para-hydroxylation sites is 1. The molecule has 7 heteroatoms. The molecule has 0 bridgehead atoms. The van der Waals surface area contributed by atoms with Gasteiger partial charge in [0.1, 0.15) is 4.83 Å². The Balaban J connectivity index is 1.62. The molecule has 29 heavy (non-hydrogen) atoms. The van der Waals surface area contributed by atoms with Crippen LogP contribution in [0, 0.1) is 6.92 Å². The number of thiophene rings is 1. The molecule has 4 rings (SSSR count). The molecule has 1 amide bonds. The van der Waals surface area contributed by atoms with Gasteiger partial charge in [-0.3, -0.25) is 14.2 Å². The Morgan fingerprint density at radius 3 is 2.93 bits per heavy atom. The van der Waals surface area contributed by atoms with E-state index in [1.165, 1.54) is 28.6 Å². The zero-order chi connectivity index (χ0) is 20.4. The number of anilines is 1. The summed E-state index contributed by atoms with van der Waals surface area (Å²) in [5, 5.41) is 4.27. The van der Waals surface area contributed by atoms with E-state index in [9.17, 15) is 9.59 Å². The molecular formula is C22H23N3O2S2. The highest BCUT2D eigenvalue weighted by Gasteiger charge is 2.22. The lowest BCUT2D eigenvalue weighted by Crippen LogP contribution is -2.24. The minimum Gasteiger partial charge on any atom is -0.325 e. The number of amides is 1. The van der Waals surface area contributed by atoms with Gasteiger partial charge in [-0.15, -0.1) is 17.9 Å². The van der Waals surface area contributed by atoms with Crippen LogP contribution in [-0.4, -0.2) is 21.2 Å². The van der Waals surface area contributed by atoms with Crippen molar-refractivity contribution in [3.8, 4) is 0 Å². The molecule has 5 nitrogen and oxygen atoms in total. The number of hydrogen-bond donors (Lipinski definition) is 1. The highest BCUT2D eigenvalue weighted by Crippen LogP contribution is 2.34. The summed E-state index contributed by atoms with van der Waals surface area (Å²) in [5.74, 6) is 0.0726. The summed E-state index contributed by atoms with van der Waals surface area (Å²) in [7, 11) is 0. The first kappa shape index (κ1) is 19.9. The second-order valence-corrected chi connectivity index (χ2v) is 9.17. The summed E-state index contributed by atoms with van der Waals surface area (Å²) in [4.78, 5) is 32.5. The number of nitrogens with one attached hydrogen (secondary N) is 1. The van der Waals surface area contributed by atoms with Crippen LogP contribution in [-0.2, 0) is 24.2 Å². The smallest absolute Gasteiger partial charge is 0.263 e. The fourth-order valence-electron chi connectivity index (χ4n) is 3.65. The third-order valence-corrected chi connectivity index (χ3v) is 7.27. The molecular weight excluding hydrogens is 402 g/mol. The Bertz CT molecular complexity index is 1150. The standard InChI is InChI=1S/C22H23N3O2S2/c1-3-12-25-21(27)19-15-9-5-7-11-17(15)29-20(19)24-22(25)28-13-18(26)23-16-10-6-4-8-14(16)2/h3-4,6,8,10H,1,5,7,9,11-13H2,2H3,(H,23,26). The third-order valence-electron chi connectivity index (χ3n) is 5.10. The Hall–Kier alpha value is -2.38. The number of allylic oxidation sites excluding steroid dienone is 1. The zero-order valence-corrected chi connectivity index (χ0v) is 18.0. The number of carbonyl (C=O) groups is 1. The Labute approximate surface area is 177 Å². The first-order valence-corrected chi connectivity index (χ1v) is 11.5. The topological polar surface area (TPSA) is 64.0 Å². The van der Waals surface area contributed by atoms with Crippen LogP contribution in [0.15, 0.2) is 46.9 Å². The van der Waals surface area contributed by atoms with Gasteiger partial charge in [0.2, 0.25) is 5.91 Å². The summed E-state index contributed by atoms with van der Waals surface area (Å²) < 4.78 is 1.64. The molecule has 2 aromatic heterocycles. The van der Waals surface area contributed by atoms with E-state index < -0.39 is 0 Å². The summed E-state index contributed by atoms with van der Waals surface area (Å²) in [5.41, 5.74) is 2.98. The minimum absolute atomic E-state index is 0.0175. The van der Waals surface area contributed by atoms with Gasteiger partial charge in [0, 0.05) is 17.1 Å². The van der Waals surface area contributed by atoms with E-state index in [1.807, 2.05) is 31.2 Å². The predicted molar refractivity (Wildman–Crippen MR) is 121 cm³/mol. The number of rotatable bonds is 6. The van der Waals surface area contributed by atoms with E-state index in [2.05, 4.69) is 11.9 Å². The summed E-state index contributed by atoms with van der Waals surface area (Å²) >= 11 is 2.92. The van der Waals surface area contributed by atoms with Crippen LogP contribution in [0.2, 0.25) is 0 Å². The molecule has 3 aromatic rings. The molecule has 1 N–H and O–H groups in total. The normalized spacial score (nSPS) is 13.3. The molecule has 1 aromatic carbocycles. The van der Waals surface area contributed by atoms with Crippen molar-refractivity contribution < 1.29 is 4.79 Å². The SMILES string of the molecule is C=CCn1c(SCC(=O)Nc2ccccc2C)nc2sc3c(c2c1=O)CCCC3. The van der Waals surface area contributed by atoms with Gasteiger partial charge in [0.25, 0.3) is 5.56 Å². The van der Waals surface area contributed by atoms with Crippen LogP contribution in [0.5, 0.6) is 0 Å². The first-order valence-electron chi connectivity index (χ1n) is 9.72. The molecule has 0 saturated carbocycles. The van der Waals surface area contributed by atoms with Crippen LogP contribution < -0.4 is 10.9 Å². The monoisotopic (exact) mass is 425 g/mol. The van der Waals surface area contributed by atoms with Crippen molar-refractivity contribution in [2.75, 3.05) is 11.1 Å². The van der Waals surface area contributed by atoms with Gasteiger partial charge >= 0.3 is 0 Å². The lowest BCUT2D eigenvalue weighted by Gasteiger charge is -2.12. The highest BCUT2D eigenvalue weighted by molar-refractivity contribution is 7.99. The molecule has 0 unspecified atom stereocenters. The van der Waals surface area contributed by atoms with E-state index in [1.54, 1.807) is 22.0 Å². The second-order valence-electron chi connectivity index (χ2n) is 7.14. The molecule has 0 atom stereocenters. The number of aromatic nitrogens is 2. The second kappa shape index (κ2) is 8.55. The van der Waals surface area contributed by atoms with Crippen molar-refractivity contribution in [1.82, 2.24) is 9.55 Å². The fraction of sp³-hybridized carbons (Fsp3) is 0.318. The largest absolute Gasteiger partial charge is 0.325 e. The molecule has 0 aliphatic heterocycles. The maximum absolute atomic E-state index is 13.2. The van der Waals surface area contributed by atoms with Crippen molar-refractivity contribution in [3.63, 3.8) is 0 Å². The van der Waals surface area contributed by atoms with Gasteiger partial charge < -0.3 is 5.32 Å². The van der Waals surface area contributed by atoms with Gasteiger partial charge in [-0.1, -0.05) is 36.0 Å². The average Bonchev–Trinajstić information content (AvgIpc) is 3.09. The van der Waals surface area contributed by atoms with E-state index in [4.69, 9.17) is 4.98 Å². The van der Waals surface area contributed by atoms with Crippen LogP contribution in [0.3, 0.4) is 0 Å². The minimum atomic E-state index is -0.116.